The number of nitrogens with zero attached hydrogens (tertiary/aromatic N) is 3. The summed E-state index contributed by atoms with van der Waals surface area (Å²) in [5, 5.41) is 3.34. The molecule has 2 aromatic rings. The van der Waals surface area contributed by atoms with Gasteiger partial charge in [-0.3, -0.25) is 4.98 Å². The smallest absolute Gasteiger partial charge is 0.147 e. The van der Waals surface area contributed by atoms with Crippen LogP contribution < -0.4 is 10.2 Å². The van der Waals surface area contributed by atoms with Crippen LogP contribution in [-0.2, 0) is 13.1 Å². The third-order valence-electron chi connectivity index (χ3n) is 3.44. The fourth-order valence-electron chi connectivity index (χ4n) is 2.07. The molecule has 1 aromatic heterocycles. The molecule has 21 heavy (non-hydrogen) atoms. The topological polar surface area (TPSA) is 41.1 Å². The van der Waals surface area contributed by atoms with Crippen molar-refractivity contribution < 1.29 is 0 Å². The predicted octanol–water partition coefficient (Wildman–Crippen LogP) is 2.92. The molecular formula is C17H24N4. The molecule has 0 saturated heterocycles. The summed E-state index contributed by atoms with van der Waals surface area (Å²) in [7, 11) is 2.04. The van der Waals surface area contributed by atoms with E-state index in [1.807, 2.05) is 19.4 Å². The molecule has 0 amide bonds. The van der Waals surface area contributed by atoms with Crippen molar-refractivity contribution in [3.05, 3.63) is 53.5 Å². The van der Waals surface area contributed by atoms with E-state index in [4.69, 9.17) is 0 Å². The first kappa shape index (κ1) is 15.4. The van der Waals surface area contributed by atoms with Crippen LogP contribution in [0.5, 0.6) is 0 Å². The molecule has 4 nitrogen and oxygen atoms in total. The van der Waals surface area contributed by atoms with Crippen molar-refractivity contribution in [3.63, 3.8) is 0 Å². The maximum atomic E-state index is 4.51. The quantitative estimate of drug-likeness (QED) is 0.885. The number of nitrogens with one attached hydrogen (secondary N) is 1. The summed E-state index contributed by atoms with van der Waals surface area (Å²) in [6.07, 6.45) is 3.69. The van der Waals surface area contributed by atoms with Gasteiger partial charge in [0.15, 0.2) is 0 Å². The summed E-state index contributed by atoms with van der Waals surface area (Å²) in [6.45, 7) is 7.97. The van der Waals surface area contributed by atoms with Gasteiger partial charge in [0.2, 0.25) is 0 Å². The molecule has 0 bridgehead atoms. The van der Waals surface area contributed by atoms with Crippen molar-refractivity contribution in [2.75, 3.05) is 11.9 Å². The number of hydrogen-bond donors (Lipinski definition) is 1. The highest BCUT2D eigenvalue weighted by molar-refractivity contribution is 5.38. The van der Waals surface area contributed by atoms with E-state index in [1.54, 1.807) is 0 Å². The lowest BCUT2D eigenvalue weighted by atomic mass is 10.1. The highest BCUT2D eigenvalue weighted by Crippen LogP contribution is 2.14. The highest BCUT2D eigenvalue weighted by atomic mass is 15.2. The number of rotatable bonds is 6. The van der Waals surface area contributed by atoms with Crippen molar-refractivity contribution in [1.82, 2.24) is 15.3 Å². The average molecular weight is 284 g/mol. The molecule has 0 fully saturated rings. The van der Waals surface area contributed by atoms with Gasteiger partial charge in [0.25, 0.3) is 0 Å². The number of benzene rings is 1. The Labute approximate surface area is 127 Å². The standard InChI is InChI=1S/C17H24N4/c1-13(2)18-9-16-10-20-17(11-19-16)21(4)12-15-8-6-5-7-14(15)3/h5-8,10-11,13,18H,9,12H2,1-4H3. The fourth-order valence-corrected chi connectivity index (χ4v) is 2.07. The average Bonchev–Trinajstić information content (AvgIpc) is 2.48. The summed E-state index contributed by atoms with van der Waals surface area (Å²) in [5.41, 5.74) is 3.58. The van der Waals surface area contributed by atoms with Crippen LogP contribution in [0.1, 0.15) is 30.7 Å². The molecule has 0 atom stereocenters. The Morgan fingerprint density at radius 3 is 2.52 bits per heavy atom. The van der Waals surface area contributed by atoms with Gasteiger partial charge in [0, 0.05) is 26.2 Å². The van der Waals surface area contributed by atoms with E-state index in [0.717, 1.165) is 24.6 Å². The number of aromatic nitrogens is 2. The Kier molecular flexibility index (Phi) is 5.28. The van der Waals surface area contributed by atoms with Crippen molar-refractivity contribution in [1.29, 1.82) is 0 Å². The third-order valence-corrected chi connectivity index (χ3v) is 3.44. The van der Waals surface area contributed by atoms with E-state index in [2.05, 4.69) is 65.2 Å². The van der Waals surface area contributed by atoms with E-state index < -0.39 is 0 Å². The Balaban J connectivity index is 2.00. The molecule has 0 spiro atoms. The number of hydrogen-bond acceptors (Lipinski definition) is 4. The molecule has 0 aliphatic carbocycles. The Morgan fingerprint density at radius 2 is 1.90 bits per heavy atom. The van der Waals surface area contributed by atoms with E-state index in [1.165, 1.54) is 11.1 Å². The zero-order valence-electron chi connectivity index (χ0n) is 13.3. The largest absolute Gasteiger partial charge is 0.354 e. The van der Waals surface area contributed by atoms with Crippen LogP contribution in [0.2, 0.25) is 0 Å². The van der Waals surface area contributed by atoms with Gasteiger partial charge in [0.05, 0.1) is 18.1 Å². The zero-order valence-corrected chi connectivity index (χ0v) is 13.3. The molecular weight excluding hydrogens is 260 g/mol. The maximum absolute atomic E-state index is 4.51. The zero-order chi connectivity index (χ0) is 15.2. The van der Waals surface area contributed by atoms with Crippen LogP contribution in [0.15, 0.2) is 36.7 Å². The lowest BCUT2D eigenvalue weighted by Crippen LogP contribution is -2.23. The molecule has 2 rings (SSSR count). The molecule has 0 saturated carbocycles. The van der Waals surface area contributed by atoms with Gasteiger partial charge in [-0.15, -0.1) is 0 Å². The van der Waals surface area contributed by atoms with Crippen molar-refractivity contribution in [2.24, 2.45) is 0 Å². The summed E-state index contributed by atoms with van der Waals surface area (Å²) < 4.78 is 0. The SMILES string of the molecule is Cc1ccccc1CN(C)c1cnc(CNC(C)C)cn1. The Morgan fingerprint density at radius 1 is 1.14 bits per heavy atom. The first-order valence-electron chi connectivity index (χ1n) is 7.36. The minimum Gasteiger partial charge on any atom is -0.354 e. The van der Waals surface area contributed by atoms with Gasteiger partial charge in [-0.2, -0.15) is 0 Å². The monoisotopic (exact) mass is 284 g/mol. The summed E-state index contributed by atoms with van der Waals surface area (Å²) >= 11 is 0. The highest BCUT2D eigenvalue weighted by Gasteiger charge is 2.06. The van der Waals surface area contributed by atoms with E-state index in [9.17, 15) is 0 Å². The first-order valence-corrected chi connectivity index (χ1v) is 7.36. The van der Waals surface area contributed by atoms with Crippen molar-refractivity contribution >= 4 is 5.82 Å². The van der Waals surface area contributed by atoms with Crippen molar-refractivity contribution in [3.8, 4) is 0 Å². The van der Waals surface area contributed by atoms with Crippen molar-refractivity contribution in [2.45, 2.75) is 39.9 Å². The van der Waals surface area contributed by atoms with E-state index in [-0.39, 0.29) is 0 Å². The van der Waals surface area contributed by atoms with Crippen LogP contribution in [-0.4, -0.2) is 23.1 Å². The van der Waals surface area contributed by atoms with Crippen LogP contribution in [0.3, 0.4) is 0 Å². The molecule has 1 N–H and O–H groups in total. The van der Waals surface area contributed by atoms with Crippen LogP contribution >= 0.6 is 0 Å². The van der Waals surface area contributed by atoms with E-state index >= 15 is 0 Å². The number of aryl methyl sites for hydroxylation is 1. The van der Waals surface area contributed by atoms with Crippen LogP contribution in [0.4, 0.5) is 5.82 Å². The lowest BCUT2D eigenvalue weighted by molar-refractivity contribution is 0.580. The molecule has 0 radical (unpaired) electrons. The van der Waals surface area contributed by atoms with Gasteiger partial charge in [-0.25, -0.2) is 4.98 Å². The molecule has 0 aliphatic heterocycles. The Bertz CT molecular complexity index is 563. The van der Waals surface area contributed by atoms with Gasteiger partial charge >= 0.3 is 0 Å². The second-order valence-corrected chi connectivity index (χ2v) is 5.68. The third kappa shape index (κ3) is 4.53. The summed E-state index contributed by atoms with van der Waals surface area (Å²) in [6, 6.07) is 8.88. The van der Waals surface area contributed by atoms with Crippen LogP contribution in [0.25, 0.3) is 0 Å². The minimum absolute atomic E-state index is 0.454. The van der Waals surface area contributed by atoms with E-state index in [0.29, 0.717) is 6.04 Å². The second-order valence-electron chi connectivity index (χ2n) is 5.68. The maximum Gasteiger partial charge on any atom is 0.147 e. The van der Waals surface area contributed by atoms with Gasteiger partial charge in [-0.1, -0.05) is 38.1 Å². The minimum atomic E-state index is 0.454. The normalized spacial score (nSPS) is 10.9. The van der Waals surface area contributed by atoms with Gasteiger partial charge < -0.3 is 10.2 Å². The Hall–Kier alpha value is -1.94. The molecule has 4 heteroatoms. The van der Waals surface area contributed by atoms with Gasteiger partial charge in [0.1, 0.15) is 5.82 Å². The predicted molar refractivity (Wildman–Crippen MR) is 87.3 cm³/mol. The lowest BCUT2D eigenvalue weighted by Gasteiger charge is -2.19. The molecule has 0 unspecified atom stereocenters. The molecule has 1 heterocycles. The first-order chi connectivity index (χ1) is 10.1. The second kappa shape index (κ2) is 7.18. The number of anilines is 1. The summed E-state index contributed by atoms with van der Waals surface area (Å²) in [5.74, 6) is 0.895. The van der Waals surface area contributed by atoms with Gasteiger partial charge in [-0.05, 0) is 18.1 Å². The van der Waals surface area contributed by atoms with Crippen LogP contribution in [0, 0.1) is 6.92 Å². The fraction of sp³-hybridized carbons (Fsp3) is 0.412. The molecule has 1 aromatic carbocycles. The molecule has 0 aliphatic rings. The summed E-state index contributed by atoms with van der Waals surface area (Å²) in [4.78, 5) is 11.1. The molecule has 112 valence electrons.